The van der Waals surface area contributed by atoms with Gasteiger partial charge in [-0.25, -0.2) is 13.4 Å². The monoisotopic (exact) mass is 309 g/mol. The van der Waals surface area contributed by atoms with E-state index in [4.69, 9.17) is 4.74 Å². The van der Waals surface area contributed by atoms with E-state index < -0.39 is 10.0 Å². The largest absolute Gasteiger partial charge is 0.480 e. The number of nitrogens with one attached hydrogen (secondary N) is 2. The molecule has 2 aromatic heterocycles. The average Bonchev–Trinajstić information content (AvgIpc) is 2.45. The van der Waals surface area contributed by atoms with Crippen LogP contribution in [0.15, 0.2) is 30.7 Å². The van der Waals surface area contributed by atoms with Crippen molar-refractivity contribution >= 4 is 21.7 Å². The molecule has 2 heterocycles. The summed E-state index contributed by atoms with van der Waals surface area (Å²) in [6.07, 6.45) is 5.74. The van der Waals surface area contributed by atoms with Gasteiger partial charge in [0.15, 0.2) is 0 Å². The van der Waals surface area contributed by atoms with Gasteiger partial charge in [-0.1, -0.05) is 6.07 Å². The highest BCUT2D eigenvalue weighted by Gasteiger charge is 2.03. The number of hydrogen-bond donors (Lipinski definition) is 2. The first-order chi connectivity index (χ1) is 9.96. The van der Waals surface area contributed by atoms with E-state index >= 15 is 0 Å². The molecule has 2 rings (SSSR count). The maximum absolute atomic E-state index is 11.1. The van der Waals surface area contributed by atoms with E-state index in [1.165, 1.54) is 13.3 Å². The molecule has 8 nitrogen and oxygen atoms in total. The Balaban J connectivity index is 1.97. The van der Waals surface area contributed by atoms with E-state index in [9.17, 15) is 8.42 Å². The van der Waals surface area contributed by atoms with Crippen molar-refractivity contribution in [3.05, 3.63) is 36.3 Å². The Morgan fingerprint density at radius 3 is 2.62 bits per heavy atom. The maximum Gasteiger partial charge on any atom is 0.233 e. The zero-order chi connectivity index (χ0) is 15.3. The standard InChI is InChI=1S/C12H15N5O3S/c1-20-12-8-13-7-11(16-12)15-6-9-3-4-10(14-5-9)17-21(2,18)19/h3-5,7-8H,6H2,1-2H3,(H,14,17)(H,15,16). The lowest BCUT2D eigenvalue weighted by Crippen LogP contribution is -2.11. The summed E-state index contributed by atoms with van der Waals surface area (Å²) in [7, 11) is -1.79. The molecular formula is C12H15N5O3S. The Morgan fingerprint density at radius 1 is 1.19 bits per heavy atom. The number of anilines is 2. The fraction of sp³-hybridized carbons (Fsp3) is 0.250. The maximum atomic E-state index is 11.1. The molecule has 0 spiro atoms. The van der Waals surface area contributed by atoms with Crippen molar-refractivity contribution in [1.29, 1.82) is 0 Å². The normalized spacial score (nSPS) is 11.0. The number of nitrogens with zero attached hydrogens (tertiary/aromatic N) is 3. The van der Waals surface area contributed by atoms with E-state index in [0.29, 0.717) is 18.2 Å². The number of pyridine rings is 1. The SMILES string of the molecule is COc1cncc(NCc2ccc(NS(C)(=O)=O)nc2)n1. The molecule has 0 fully saturated rings. The minimum absolute atomic E-state index is 0.280. The van der Waals surface area contributed by atoms with Crippen LogP contribution in [-0.2, 0) is 16.6 Å². The first-order valence-corrected chi connectivity index (χ1v) is 7.88. The summed E-state index contributed by atoms with van der Waals surface area (Å²) >= 11 is 0. The van der Waals surface area contributed by atoms with Crippen LogP contribution in [0.5, 0.6) is 5.88 Å². The van der Waals surface area contributed by atoms with Gasteiger partial charge in [0, 0.05) is 12.7 Å². The van der Waals surface area contributed by atoms with Gasteiger partial charge in [0.05, 0.1) is 25.8 Å². The molecule has 0 aromatic carbocycles. The second kappa shape index (κ2) is 6.35. The van der Waals surface area contributed by atoms with E-state index in [1.807, 2.05) is 0 Å². The van der Waals surface area contributed by atoms with Gasteiger partial charge in [0.1, 0.15) is 11.6 Å². The number of hydrogen-bond acceptors (Lipinski definition) is 7. The van der Waals surface area contributed by atoms with Crippen molar-refractivity contribution in [3.63, 3.8) is 0 Å². The molecule has 0 radical (unpaired) electrons. The van der Waals surface area contributed by atoms with Gasteiger partial charge in [-0.2, -0.15) is 4.98 Å². The third-order valence-corrected chi connectivity index (χ3v) is 2.99. The molecule has 9 heteroatoms. The second-order valence-corrected chi connectivity index (χ2v) is 5.97. The molecule has 0 amide bonds. The minimum Gasteiger partial charge on any atom is -0.480 e. The highest BCUT2D eigenvalue weighted by Crippen LogP contribution is 2.11. The Morgan fingerprint density at radius 2 is 2.00 bits per heavy atom. The molecule has 0 saturated carbocycles. The van der Waals surface area contributed by atoms with Crippen molar-refractivity contribution in [2.24, 2.45) is 0 Å². The summed E-state index contributed by atoms with van der Waals surface area (Å²) < 4.78 is 29.4. The van der Waals surface area contributed by atoms with Crippen LogP contribution >= 0.6 is 0 Å². The molecule has 2 N–H and O–H groups in total. The lowest BCUT2D eigenvalue weighted by Gasteiger charge is -2.07. The molecule has 0 unspecified atom stereocenters. The quantitative estimate of drug-likeness (QED) is 0.815. The number of sulfonamides is 1. The van der Waals surface area contributed by atoms with Crippen LogP contribution in [0.1, 0.15) is 5.56 Å². The molecule has 0 aliphatic heterocycles. The first-order valence-electron chi connectivity index (χ1n) is 5.99. The zero-order valence-electron chi connectivity index (χ0n) is 11.6. The van der Waals surface area contributed by atoms with Crippen LogP contribution in [0, 0.1) is 0 Å². The minimum atomic E-state index is -3.31. The lowest BCUT2D eigenvalue weighted by molar-refractivity contribution is 0.396. The molecule has 0 saturated heterocycles. The van der Waals surface area contributed by atoms with Crippen molar-refractivity contribution < 1.29 is 13.2 Å². The van der Waals surface area contributed by atoms with E-state index in [2.05, 4.69) is 25.0 Å². The Kier molecular flexibility index (Phi) is 4.53. The number of aromatic nitrogens is 3. The molecule has 0 bridgehead atoms. The molecule has 0 aliphatic rings. The Hall–Kier alpha value is -2.42. The first kappa shape index (κ1) is 15.0. The third-order valence-electron chi connectivity index (χ3n) is 2.41. The average molecular weight is 309 g/mol. The fourth-order valence-corrected chi connectivity index (χ4v) is 2.00. The summed E-state index contributed by atoms with van der Waals surface area (Å²) in [6, 6.07) is 3.36. The molecule has 21 heavy (non-hydrogen) atoms. The van der Waals surface area contributed by atoms with Crippen molar-refractivity contribution in [2.45, 2.75) is 6.54 Å². The predicted octanol–water partition coefficient (Wildman–Crippen LogP) is 0.864. The van der Waals surface area contributed by atoms with Gasteiger partial charge >= 0.3 is 0 Å². The van der Waals surface area contributed by atoms with E-state index in [-0.39, 0.29) is 5.82 Å². The van der Waals surface area contributed by atoms with Gasteiger partial charge in [-0.15, -0.1) is 0 Å². The van der Waals surface area contributed by atoms with Crippen molar-refractivity contribution in [2.75, 3.05) is 23.4 Å². The van der Waals surface area contributed by atoms with Crippen LogP contribution in [-0.4, -0.2) is 36.7 Å². The lowest BCUT2D eigenvalue weighted by atomic mass is 10.3. The number of rotatable bonds is 6. The van der Waals surface area contributed by atoms with E-state index in [0.717, 1.165) is 11.8 Å². The van der Waals surface area contributed by atoms with Crippen LogP contribution in [0.3, 0.4) is 0 Å². The highest BCUT2D eigenvalue weighted by molar-refractivity contribution is 7.92. The predicted molar refractivity (Wildman–Crippen MR) is 78.6 cm³/mol. The third kappa shape index (κ3) is 4.88. The second-order valence-electron chi connectivity index (χ2n) is 4.23. The van der Waals surface area contributed by atoms with E-state index in [1.54, 1.807) is 24.5 Å². The Bertz CT molecular complexity index is 703. The topological polar surface area (TPSA) is 106 Å². The van der Waals surface area contributed by atoms with Gasteiger partial charge < -0.3 is 10.1 Å². The highest BCUT2D eigenvalue weighted by atomic mass is 32.2. The smallest absolute Gasteiger partial charge is 0.233 e. The Labute approximate surface area is 122 Å². The van der Waals surface area contributed by atoms with Crippen molar-refractivity contribution in [1.82, 2.24) is 15.0 Å². The molecule has 0 aliphatic carbocycles. The van der Waals surface area contributed by atoms with Gasteiger partial charge in [0.25, 0.3) is 0 Å². The fourth-order valence-electron chi connectivity index (χ4n) is 1.50. The summed E-state index contributed by atoms with van der Waals surface area (Å²) in [6.45, 7) is 0.480. The van der Waals surface area contributed by atoms with Gasteiger partial charge in [-0.05, 0) is 11.6 Å². The van der Waals surface area contributed by atoms with Gasteiger partial charge in [0.2, 0.25) is 15.9 Å². The van der Waals surface area contributed by atoms with Crippen LogP contribution < -0.4 is 14.8 Å². The summed E-state index contributed by atoms with van der Waals surface area (Å²) in [5.74, 6) is 1.28. The molecule has 112 valence electrons. The van der Waals surface area contributed by atoms with Crippen molar-refractivity contribution in [3.8, 4) is 5.88 Å². The molecular weight excluding hydrogens is 294 g/mol. The molecule has 2 aromatic rings. The summed E-state index contributed by atoms with van der Waals surface area (Å²) in [5.41, 5.74) is 0.874. The van der Waals surface area contributed by atoms with Crippen LogP contribution in [0.25, 0.3) is 0 Å². The molecule has 0 atom stereocenters. The van der Waals surface area contributed by atoms with Crippen LogP contribution in [0.2, 0.25) is 0 Å². The summed E-state index contributed by atoms with van der Waals surface area (Å²) in [5, 5.41) is 3.07. The number of methoxy groups -OCH3 is 1. The number of ether oxygens (including phenoxy) is 1. The van der Waals surface area contributed by atoms with Crippen LogP contribution in [0.4, 0.5) is 11.6 Å². The zero-order valence-corrected chi connectivity index (χ0v) is 12.4. The van der Waals surface area contributed by atoms with Gasteiger partial charge in [-0.3, -0.25) is 9.71 Å². The summed E-state index contributed by atoms with van der Waals surface area (Å²) in [4.78, 5) is 12.2.